The summed E-state index contributed by atoms with van der Waals surface area (Å²) >= 11 is 0. The van der Waals surface area contributed by atoms with Crippen LogP contribution in [0.3, 0.4) is 0 Å². The van der Waals surface area contributed by atoms with Crippen LogP contribution < -0.4 is 5.73 Å². The minimum absolute atomic E-state index is 0.769. The van der Waals surface area contributed by atoms with E-state index >= 15 is 0 Å². The van der Waals surface area contributed by atoms with Crippen molar-refractivity contribution in [2.75, 3.05) is 19.6 Å². The van der Waals surface area contributed by atoms with Gasteiger partial charge in [-0.1, -0.05) is 33.1 Å². The SMILES string of the molecule is CCN(CC1CCCC(C)C1)C1CCCC1CN. The molecule has 2 aliphatic carbocycles. The molecule has 2 saturated carbocycles. The summed E-state index contributed by atoms with van der Waals surface area (Å²) in [7, 11) is 0. The normalized spacial score (nSPS) is 37.3. The highest BCUT2D eigenvalue weighted by Crippen LogP contribution is 2.33. The Morgan fingerprint density at radius 2 is 1.89 bits per heavy atom. The highest BCUT2D eigenvalue weighted by Gasteiger charge is 2.32. The highest BCUT2D eigenvalue weighted by atomic mass is 15.2. The van der Waals surface area contributed by atoms with Crippen LogP contribution in [-0.4, -0.2) is 30.6 Å². The van der Waals surface area contributed by atoms with Gasteiger partial charge in [0.05, 0.1) is 0 Å². The van der Waals surface area contributed by atoms with Crippen LogP contribution in [0.4, 0.5) is 0 Å². The van der Waals surface area contributed by atoms with Gasteiger partial charge in [-0.15, -0.1) is 0 Å². The van der Waals surface area contributed by atoms with Gasteiger partial charge in [0.25, 0.3) is 0 Å². The predicted molar refractivity (Wildman–Crippen MR) is 78.6 cm³/mol. The van der Waals surface area contributed by atoms with Gasteiger partial charge in [0.15, 0.2) is 0 Å². The first-order valence-electron chi connectivity index (χ1n) is 8.18. The summed E-state index contributed by atoms with van der Waals surface area (Å²) in [6.45, 7) is 8.20. The maximum Gasteiger partial charge on any atom is 0.0135 e. The molecule has 0 aromatic heterocycles. The van der Waals surface area contributed by atoms with Crippen molar-refractivity contribution in [1.82, 2.24) is 4.90 Å². The lowest BCUT2D eigenvalue weighted by molar-refractivity contribution is 0.121. The molecule has 0 bridgehead atoms. The van der Waals surface area contributed by atoms with Crippen LogP contribution in [0.25, 0.3) is 0 Å². The lowest BCUT2D eigenvalue weighted by Crippen LogP contribution is -2.43. The molecule has 0 amide bonds. The average Bonchev–Trinajstić information content (AvgIpc) is 2.84. The molecule has 2 rings (SSSR count). The lowest BCUT2D eigenvalue weighted by atomic mass is 9.82. The molecule has 0 aromatic rings. The Labute approximate surface area is 113 Å². The van der Waals surface area contributed by atoms with Crippen molar-refractivity contribution in [3.05, 3.63) is 0 Å². The van der Waals surface area contributed by atoms with E-state index in [9.17, 15) is 0 Å². The van der Waals surface area contributed by atoms with E-state index in [0.29, 0.717) is 0 Å². The van der Waals surface area contributed by atoms with Crippen molar-refractivity contribution in [2.24, 2.45) is 23.5 Å². The summed E-state index contributed by atoms with van der Waals surface area (Å²) in [5.74, 6) is 2.68. The van der Waals surface area contributed by atoms with Crippen LogP contribution in [-0.2, 0) is 0 Å². The van der Waals surface area contributed by atoms with E-state index in [4.69, 9.17) is 5.73 Å². The van der Waals surface area contributed by atoms with Crippen LogP contribution in [0.5, 0.6) is 0 Å². The van der Waals surface area contributed by atoms with Gasteiger partial charge in [0.2, 0.25) is 0 Å². The molecule has 2 nitrogen and oxygen atoms in total. The Morgan fingerprint density at radius 1 is 1.11 bits per heavy atom. The molecular weight excluding hydrogens is 220 g/mol. The van der Waals surface area contributed by atoms with Crippen molar-refractivity contribution >= 4 is 0 Å². The zero-order chi connectivity index (χ0) is 13.0. The average molecular weight is 252 g/mol. The highest BCUT2D eigenvalue weighted by molar-refractivity contribution is 4.87. The second-order valence-electron chi connectivity index (χ2n) is 6.72. The van der Waals surface area contributed by atoms with Crippen LogP contribution >= 0.6 is 0 Å². The van der Waals surface area contributed by atoms with Gasteiger partial charge in [-0.3, -0.25) is 0 Å². The Kier molecular flexibility index (Phi) is 5.50. The Morgan fingerprint density at radius 3 is 2.56 bits per heavy atom. The maximum atomic E-state index is 5.95. The van der Waals surface area contributed by atoms with Crippen LogP contribution in [0.15, 0.2) is 0 Å². The second kappa shape index (κ2) is 6.91. The minimum atomic E-state index is 0.769. The topological polar surface area (TPSA) is 29.3 Å². The standard InChI is InChI=1S/C16H32N2/c1-3-18(16-9-5-8-15(16)11-17)12-14-7-4-6-13(2)10-14/h13-16H,3-12,17H2,1-2H3. The molecule has 0 aliphatic heterocycles. The summed E-state index contributed by atoms with van der Waals surface area (Å²) < 4.78 is 0. The van der Waals surface area contributed by atoms with Crippen molar-refractivity contribution in [3.63, 3.8) is 0 Å². The fraction of sp³-hybridized carbons (Fsp3) is 1.00. The van der Waals surface area contributed by atoms with Gasteiger partial charge in [-0.2, -0.15) is 0 Å². The van der Waals surface area contributed by atoms with Gasteiger partial charge in [0.1, 0.15) is 0 Å². The fourth-order valence-electron chi connectivity index (χ4n) is 4.33. The van der Waals surface area contributed by atoms with Gasteiger partial charge < -0.3 is 10.6 Å². The second-order valence-corrected chi connectivity index (χ2v) is 6.72. The maximum absolute atomic E-state index is 5.95. The first kappa shape index (κ1) is 14.3. The van der Waals surface area contributed by atoms with Crippen LogP contribution in [0.2, 0.25) is 0 Å². The van der Waals surface area contributed by atoms with E-state index in [1.165, 1.54) is 58.0 Å². The quantitative estimate of drug-likeness (QED) is 0.814. The number of hydrogen-bond acceptors (Lipinski definition) is 2. The van der Waals surface area contributed by atoms with E-state index in [-0.39, 0.29) is 0 Å². The summed E-state index contributed by atoms with van der Waals surface area (Å²) in [6, 6.07) is 0.789. The minimum Gasteiger partial charge on any atom is -0.330 e. The molecule has 2 heteroatoms. The van der Waals surface area contributed by atoms with E-state index in [0.717, 1.165) is 30.3 Å². The van der Waals surface area contributed by atoms with Crippen molar-refractivity contribution in [1.29, 1.82) is 0 Å². The zero-order valence-corrected chi connectivity index (χ0v) is 12.4. The number of hydrogen-bond donors (Lipinski definition) is 1. The largest absolute Gasteiger partial charge is 0.330 e. The smallest absolute Gasteiger partial charge is 0.0135 e. The Bertz CT molecular complexity index is 241. The molecule has 2 N–H and O–H groups in total. The van der Waals surface area contributed by atoms with E-state index in [2.05, 4.69) is 18.7 Å². The third-order valence-electron chi connectivity index (χ3n) is 5.33. The van der Waals surface area contributed by atoms with Crippen molar-refractivity contribution in [3.8, 4) is 0 Å². The molecule has 0 saturated heterocycles. The van der Waals surface area contributed by atoms with Crippen LogP contribution in [0, 0.1) is 17.8 Å². The predicted octanol–water partition coefficient (Wildman–Crippen LogP) is 3.26. The number of nitrogens with two attached hydrogens (primary N) is 1. The summed E-state index contributed by atoms with van der Waals surface area (Å²) in [5, 5.41) is 0. The van der Waals surface area contributed by atoms with E-state index in [1.54, 1.807) is 0 Å². The summed E-state index contributed by atoms with van der Waals surface area (Å²) in [5.41, 5.74) is 5.95. The molecule has 0 heterocycles. The third-order valence-corrected chi connectivity index (χ3v) is 5.33. The van der Waals surface area contributed by atoms with Gasteiger partial charge in [-0.25, -0.2) is 0 Å². The molecule has 106 valence electrons. The third kappa shape index (κ3) is 3.48. The first-order chi connectivity index (χ1) is 8.74. The molecule has 18 heavy (non-hydrogen) atoms. The van der Waals surface area contributed by atoms with Gasteiger partial charge in [0, 0.05) is 12.6 Å². The lowest BCUT2D eigenvalue weighted by Gasteiger charge is -2.37. The zero-order valence-electron chi connectivity index (χ0n) is 12.4. The summed E-state index contributed by atoms with van der Waals surface area (Å²) in [4.78, 5) is 2.76. The molecule has 2 fully saturated rings. The van der Waals surface area contributed by atoms with Crippen molar-refractivity contribution < 1.29 is 0 Å². The molecule has 2 aliphatic rings. The number of nitrogens with zero attached hydrogens (tertiary/aromatic N) is 1. The van der Waals surface area contributed by atoms with Crippen molar-refractivity contribution in [2.45, 2.75) is 64.8 Å². The molecule has 4 atom stereocenters. The fourth-order valence-corrected chi connectivity index (χ4v) is 4.33. The van der Waals surface area contributed by atoms with E-state index in [1.807, 2.05) is 0 Å². The van der Waals surface area contributed by atoms with Gasteiger partial charge in [-0.05, 0) is 56.5 Å². The molecular formula is C16H32N2. The van der Waals surface area contributed by atoms with Crippen LogP contribution in [0.1, 0.15) is 58.8 Å². The monoisotopic (exact) mass is 252 g/mol. The molecule has 0 aromatic carbocycles. The Balaban J connectivity index is 1.88. The molecule has 0 radical (unpaired) electrons. The molecule has 4 unspecified atom stereocenters. The first-order valence-corrected chi connectivity index (χ1v) is 8.18. The number of rotatable bonds is 5. The van der Waals surface area contributed by atoms with E-state index < -0.39 is 0 Å². The summed E-state index contributed by atoms with van der Waals surface area (Å²) in [6.07, 6.45) is 9.96. The Hall–Kier alpha value is -0.0800. The van der Waals surface area contributed by atoms with Gasteiger partial charge >= 0.3 is 0 Å². The molecule has 0 spiro atoms.